The Morgan fingerprint density at radius 3 is 3.04 bits per heavy atom. The second-order valence-corrected chi connectivity index (χ2v) is 6.21. The fraction of sp³-hybridized carbons (Fsp3) is 0.471. The summed E-state index contributed by atoms with van der Waals surface area (Å²) in [6, 6.07) is 7.84. The molecule has 3 rings (SSSR count). The van der Waals surface area contributed by atoms with Gasteiger partial charge >= 0.3 is 0 Å². The van der Waals surface area contributed by atoms with Gasteiger partial charge in [0.15, 0.2) is 0 Å². The van der Waals surface area contributed by atoms with Gasteiger partial charge in [0.2, 0.25) is 0 Å². The van der Waals surface area contributed by atoms with Crippen molar-refractivity contribution in [1.29, 1.82) is 0 Å². The molecule has 6 nitrogen and oxygen atoms in total. The Kier molecular flexibility index (Phi) is 5.13. The summed E-state index contributed by atoms with van der Waals surface area (Å²) in [6.07, 6.45) is 1.89. The van der Waals surface area contributed by atoms with Gasteiger partial charge in [0.05, 0.1) is 18.9 Å². The quantitative estimate of drug-likeness (QED) is 0.890. The van der Waals surface area contributed by atoms with Gasteiger partial charge in [-0.15, -0.1) is 0 Å². The van der Waals surface area contributed by atoms with E-state index in [-0.39, 0.29) is 19.0 Å². The SMILES string of the molecule is Cn1ccc(CN2CCOC[C@](O)(COc3cccc(F)c3)C2)n1. The van der Waals surface area contributed by atoms with Crippen LogP contribution in [0, 0.1) is 5.82 Å². The minimum Gasteiger partial charge on any atom is -0.490 e. The molecular weight excluding hydrogens is 313 g/mol. The molecule has 1 atom stereocenters. The summed E-state index contributed by atoms with van der Waals surface area (Å²) < 4.78 is 26.1. The normalized spacial score (nSPS) is 22.3. The molecule has 1 aliphatic heterocycles. The number of hydrogen-bond donors (Lipinski definition) is 1. The Bertz CT molecular complexity index is 679. The molecule has 0 spiro atoms. The second kappa shape index (κ2) is 7.29. The van der Waals surface area contributed by atoms with Crippen molar-refractivity contribution in [3.05, 3.63) is 48.0 Å². The number of β-amino-alcohol motifs (C(OH)–C–C–N with tert-alkyl or cyclic N) is 1. The van der Waals surface area contributed by atoms with Gasteiger partial charge in [-0.3, -0.25) is 9.58 Å². The Morgan fingerprint density at radius 2 is 2.29 bits per heavy atom. The molecule has 1 N–H and O–H groups in total. The zero-order valence-corrected chi connectivity index (χ0v) is 13.7. The summed E-state index contributed by atoms with van der Waals surface area (Å²) >= 11 is 0. The van der Waals surface area contributed by atoms with Gasteiger partial charge in [-0.2, -0.15) is 5.10 Å². The number of aryl methyl sites for hydroxylation is 1. The zero-order valence-electron chi connectivity index (χ0n) is 13.7. The molecule has 24 heavy (non-hydrogen) atoms. The average Bonchev–Trinajstić information content (AvgIpc) is 2.85. The Labute approximate surface area is 140 Å². The lowest BCUT2D eigenvalue weighted by Crippen LogP contribution is -2.48. The first-order chi connectivity index (χ1) is 11.5. The summed E-state index contributed by atoms with van der Waals surface area (Å²) in [4.78, 5) is 2.09. The number of rotatable bonds is 5. The van der Waals surface area contributed by atoms with Crippen LogP contribution >= 0.6 is 0 Å². The molecule has 2 aromatic rings. The minimum absolute atomic E-state index is 0.0369. The Hall–Kier alpha value is -1.96. The highest BCUT2D eigenvalue weighted by atomic mass is 19.1. The standard InChI is InChI=1S/C17H22FN3O3/c1-20-6-5-15(19-20)10-21-7-8-23-12-17(22,11-21)13-24-16-4-2-3-14(18)9-16/h2-6,9,22H,7-8,10-13H2,1H3/t17-/m0/s1. The van der Waals surface area contributed by atoms with Crippen molar-refractivity contribution in [2.75, 3.05) is 32.9 Å². The maximum atomic E-state index is 13.2. The van der Waals surface area contributed by atoms with Gasteiger partial charge in [-0.25, -0.2) is 4.39 Å². The van der Waals surface area contributed by atoms with Gasteiger partial charge in [-0.1, -0.05) is 6.07 Å². The van der Waals surface area contributed by atoms with E-state index in [9.17, 15) is 9.50 Å². The number of hydrogen-bond acceptors (Lipinski definition) is 5. The van der Waals surface area contributed by atoms with Crippen LogP contribution in [0.4, 0.5) is 4.39 Å². The number of nitrogens with zero attached hydrogens (tertiary/aromatic N) is 3. The highest BCUT2D eigenvalue weighted by Gasteiger charge is 2.33. The molecule has 7 heteroatoms. The molecular formula is C17H22FN3O3. The van der Waals surface area contributed by atoms with Gasteiger partial charge in [-0.05, 0) is 18.2 Å². The molecule has 1 aromatic carbocycles. The summed E-state index contributed by atoms with van der Waals surface area (Å²) in [5.74, 6) is 0.0253. The second-order valence-electron chi connectivity index (χ2n) is 6.21. The van der Waals surface area contributed by atoms with Gasteiger partial charge in [0.1, 0.15) is 23.8 Å². The van der Waals surface area contributed by atoms with E-state index in [4.69, 9.17) is 9.47 Å². The van der Waals surface area contributed by atoms with Crippen LogP contribution in [-0.4, -0.2) is 58.3 Å². The van der Waals surface area contributed by atoms with Crippen LogP contribution in [0.3, 0.4) is 0 Å². The van der Waals surface area contributed by atoms with E-state index in [2.05, 4.69) is 10.00 Å². The number of aromatic nitrogens is 2. The smallest absolute Gasteiger partial charge is 0.134 e. The summed E-state index contributed by atoms with van der Waals surface area (Å²) in [5, 5.41) is 15.2. The van der Waals surface area contributed by atoms with Crippen molar-refractivity contribution in [3.63, 3.8) is 0 Å². The molecule has 1 aromatic heterocycles. The van der Waals surface area contributed by atoms with Crippen molar-refractivity contribution >= 4 is 0 Å². The van der Waals surface area contributed by atoms with Gasteiger partial charge in [0.25, 0.3) is 0 Å². The fourth-order valence-corrected chi connectivity index (χ4v) is 2.77. The van der Waals surface area contributed by atoms with Crippen molar-refractivity contribution in [3.8, 4) is 5.75 Å². The third-order valence-electron chi connectivity index (χ3n) is 3.90. The lowest BCUT2D eigenvalue weighted by Gasteiger charge is -2.30. The first kappa shape index (κ1) is 16.9. The third-order valence-corrected chi connectivity index (χ3v) is 3.90. The molecule has 0 bridgehead atoms. The fourth-order valence-electron chi connectivity index (χ4n) is 2.77. The van der Waals surface area contributed by atoms with Crippen LogP contribution in [-0.2, 0) is 18.3 Å². The third kappa shape index (κ3) is 4.53. The van der Waals surface area contributed by atoms with E-state index in [1.165, 1.54) is 12.1 Å². The largest absolute Gasteiger partial charge is 0.490 e. The van der Waals surface area contributed by atoms with E-state index in [1.54, 1.807) is 16.8 Å². The lowest BCUT2D eigenvalue weighted by molar-refractivity contribution is -0.0647. The number of benzene rings is 1. The molecule has 1 fully saturated rings. The highest BCUT2D eigenvalue weighted by molar-refractivity contribution is 5.22. The van der Waals surface area contributed by atoms with Crippen LogP contribution < -0.4 is 4.74 Å². The predicted molar refractivity (Wildman–Crippen MR) is 86.1 cm³/mol. The van der Waals surface area contributed by atoms with Crippen LogP contribution in [0.25, 0.3) is 0 Å². The molecule has 2 heterocycles. The molecule has 0 saturated carbocycles. The molecule has 0 radical (unpaired) electrons. The van der Waals surface area contributed by atoms with Crippen molar-refractivity contribution in [2.24, 2.45) is 7.05 Å². The lowest BCUT2D eigenvalue weighted by atomic mass is 10.1. The molecule has 130 valence electrons. The van der Waals surface area contributed by atoms with E-state index >= 15 is 0 Å². The number of halogens is 1. The summed E-state index contributed by atoms with van der Waals surface area (Å²) in [6.45, 7) is 2.50. The minimum atomic E-state index is -1.16. The first-order valence-electron chi connectivity index (χ1n) is 7.92. The average molecular weight is 335 g/mol. The zero-order chi connectivity index (χ0) is 17.0. The van der Waals surface area contributed by atoms with E-state index in [0.29, 0.717) is 32.0 Å². The molecule has 0 aliphatic carbocycles. The van der Waals surface area contributed by atoms with Crippen molar-refractivity contribution in [2.45, 2.75) is 12.1 Å². The van der Waals surface area contributed by atoms with Gasteiger partial charge < -0.3 is 14.6 Å². The molecule has 1 saturated heterocycles. The van der Waals surface area contributed by atoms with Crippen molar-refractivity contribution in [1.82, 2.24) is 14.7 Å². The Morgan fingerprint density at radius 1 is 1.42 bits per heavy atom. The maximum absolute atomic E-state index is 13.2. The topological polar surface area (TPSA) is 59.8 Å². The van der Waals surface area contributed by atoms with Crippen LogP contribution in [0.2, 0.25) is 0 Å². The Balaban J connectivity index is 1.62. The molecule has 1 aliphatic rings. The maximum Gasteiger partial charge on any atom is 0.134 e. The van der Waals surface area contributed by atoms with Gasteiger partial charge in [0, 0.05) is 38.9 Å². The summed E-state index contributed by atoms with van der Waals surface area (Å²) in [5.41, 5.74) is -0.217. The van der Waals surface area contributed by atoms with E-state index < -0.39 is 5.60 Å². The number of aliphatic hydroxyl groups is 1. The molecule has 0 unspecified atom stereocenters. The van der Waals surface area contributed by atoms with E-state index in [1.807, 2.05) is 19.3 Å². The first-order valence-corrected chi connectivity index (χ1v) is 7.92. The molecule has 0 amide bonds. The summed E-state index contributed by atoms with van der Waals surface area (Å²) in [7, 11) is 1.87. The highest BCUT2D eigenvalue weighted by Crippen LogP contribution is 2.18. The van der Waals surface area contributed by atoms with Crippen LogP contribution in [0.1, 0.15) is 5.69 Å². The van der Waals surface area contributed by atoms with E-state index in [0.717, 1.165) is 5.69 Å². The van der Waals surface area contributed by atoms with Crippen LogP contribution in [0.5, 0.6) is 5.75 Å². The predicted octanol–water partition coefficient (Wildman–Crippen LogP) is 1.20. The number of ether oxygens (including phenoxy) is 2. The van der Waals surface area contributed by atoms with Crippen LogP contribution in [0.15, 0.2) is 36.5 Å². The van der Waals surface area contributed by atoms with Crippen molar-refractivity contribution < 1.29 is 19.0 Å². The monoisotopic (exact) mass is 335 g/mol.